The van der Waals surface area contributed by atoms with Crippen LogP contribution < -0.4 is 4.74 Å². The average Bonchev–Trinajstić information content (AvgIpc) is 2.40. The van der Waals surface area contributed by atoms with Gasteiger partial charge in [0.1, 0.15) is 5.82 Å². The Kier molecular flexibility index (Phi) is 4.09. The van der Waals surface area contributed by atoms with E-state index in [2.05, 4.69) is 21.8 Å². The molecule has 0 saturated heterocycles. The summed E-state index contributed by atoms with van der Waals surface area (Å²) in [6.07, 6.45) is 1.27. The van der Waals surface area contributed by atoms with Crippen LogP contribution in [0.25, 0.3) is 11.4 Å². The molecule has 1 aromatic heterocycles. The van der Waals surface area contributed by atoms with Crippen LogP contribution in [0.2, 0.25) is 0 Å². The zero-order chi connectivity index (χ0) is 13.7. The Labute approximate surface area is 111 Å². The van der Waals surface area contributed by atoms with Crippen LogP contribution in [0, 0.1) is 17.7 Å². The molecule has 4 heteroatoms. The first-order valence-corrected chi connectivity index (χ1v) is 5.87. The number of ether oxygens (including phenoxy) is 1. The van der Waals surface area contributed by atoms with E-state index in [0.29, 0.717) is 17.3 Å². The summed E-state index contributed by atoms with van der Waals surface area (Å²) in [7, 11) is 0. The zero-order valence-corrected chi connectivity index (χ0v) is 10.7. The molecule has 1 heterocycles. The largest absolute Gasteiger partial charge is 0.461 e. The lowest BCUT2D eigenvalue weighted by Crippen LogP contribution is -2.10. The van der Waals surface area contributed by atoms with Gasteiger partial charge in [0.05, 0.1) is 5.56 Å². The molecule has 0 bridgehead atoms. The molecule has 0 N–H and O–H groups in total. The number of halogens is 1. The molecular formula is C15H13FN2O. The Morgan fingerprint density at radius 2 is 2.05 bits per heavy atom. The highest BCUT2D eigenvalue weighted by molar-refractivity contribution is 5.55. The van der Waals surface area contributed by atoms with Crippen LogP contribution in [0.15, 0.2) is 36.5 Å². The van der Waals surface area contributed by atoms with Gasteiger partial charge in [0.2, 0.25) is 5.88 Å². The van der Waals surface area contributed by atoms with Crippen LogP contribution in [0.4, 0.5) is 4.39 Å². The van der Waals surface area contributed by atoms with E-state index in [1.165, 1.54) is 12.3 Å². The predicted octanol–water partition coefficient (Wildman–Crippen LogP) is 3.07. The molecule has 1 unspecified atom stereocenters. The lowest BCUT2D eigenvalue weighted by atomic mass is 10.2. The van der Waals surface area contributed by atoms with Crippen LogP contribution >= 0.6 is 0 Å². The highest BCUT2D eigenvalue weighted by Crippen LogP contribution is 2.20. The maximum absolute atomic E-state index is 13.6. The minimum Gasteiger partial charge on any atom is -0.461 e. The molecular weight excluding hydrogens is 243 g/mol. The number of hydrogen-bond donors (Lipinski definition) is 0. The Hall–Kier alpha value is -2.41. The van der Waals surface area contributed by atoms with E-state index in [0.717, 1.165) is 0 Å². The van der Waals surface area contributed by atoms with Crippen molar-refractivity contribution in [1.29, 1.82) is 0 Å². The van der Waals surface area contributed by atoms with Gasteiger partial charge in [0.15, 0.2) is 11.9 Å². The van der Waals surface area contributed by atoms with Gasteiger partial charge in [-0.2, -0.15) is 4.98 Å². The molecule has 0 aliphatic rings. The van der Waals surface area contributed by atoms with Crippen molar-refractivity contribution in [3.63, 3.8) is 0 Å². The van der Waals surface area contributed by atoms with Gasteiger partial charge in [-0.05, 0) is 26.0 Å². The Morgan fingerprint density at radius 1 is 1.26 bits per heavy atom. The first-order chi connectivity index (χ1) is 9.20. The van der Waals surface area contributed by atoms with E-state index >= 15 is 0 Å². The van der Waals surface area contributed by atoms with E-state index < -0.39 is 0 Å². The number of rotatable bonds is 3. The van der Waals surface area contributed by atoms with Gasteiger partial charge in [-0.25, -0.2) is 9.37 Å². The van der Waals surface area contributed by atoms with Crippen molar-refractivity contribution in [2.75, 3.05) is 0 Å². The summed E-state index contributed by atoms with van der Waals surface area (Å²) < 4.78 is 19.2. The van der Waals surface area contributed by atoms with Crippen molar-refractivity contribution < 1.29 is 9.13 Å². The molecule has 0 saturated carbocycles. The number of benzene rings is 1. The van der Waals surface area contributed by atoms with Gasteiger partial charge < -0.3 is 4.74 Å². The summed E-state index contributed by atoms with van der Waals surface area (Å²) in [4.78, 5) is 8.24. The van der Waals surface area contributed by atoms with Gasteiger partial charge in [-0.3, -0.25) is 0 Å². The van der Waals surface area contributed by atoms with Crippen molar-refractivity contribution in [3.8, 4) is 29.1 Å². The fourth-order valence-electron chi connectivity index (χ4n) is 1.59. The van der Waals surface area contributed by atoms with Crippen molar-refractivity contribution >= 4 is 0 Å². The Bertz CT molecular complexity index is 631. The molecule has 0 amide bonds. The standard InChI is InChI=1S/C15H13FN2O/c1-3-6-11(2)19-14-9-10-17-15(18-14)12-7-4-5-8-13(12)16/h4-5,7-11H,1-2H3. The predicted molar refractivity (Wildman–Crippen MR) is 71.0 cm³/mol. The van der Waals surface area contributed by atoms with Crippen molar-refractivity contribution in [2.24, 2.45) is 0 Å². The smallest absolute Gasteiger partial charge is 0.218 e. The van der Waals surface area contributed by atoms with E-state index in [9.17, 15) is 4.39 Å². The number of hydrogen-bond acceptors (Lipinski definition) is 3. The lowest BCUT2D eigenvalue weighted by molar-refractivity contribution is 0.267. The molecule has 0 aliphatic carbocycles. The first kappa shape index (κ1) is 13.0. The minimum absolute atomic E-state index is 0.270. The van der Waals surface area contributed by atoms with Gasteiger partial charge in [-0.1, -0.05) is 18.1 Å². The maximum Gasteiger partial charge on any atom is 0.218 e. The summed E-state index contributed by atoms with van der Waals surface area (Å²) in [5.41, 5.74) is 0.349. The molecule has 0 radical (unpaired) electrons. The molecule has 19 heavy (non-hydrogen) atoms. The molecule has 1 atom stereocenters. The summed E-state index contributed by atoms with van der Waals surface area (Å²) in [6.45, 7) is 3.56. The van der Waals surface area contributed by atoms with E-state index in [1.807, 2.05) is 6.92 Å². The molecule has 2 aromatic rings. The van der Waals surface area contributed by atoms with Gasteiger partial charge >= 0.3 is 0 Å². The number of nitrogens with zero attached hydrogens (tertiary/aromatic N) is 2. The second kappa shape index (κ2) is 5.96. The van der Waals surface area contributed by atoms with Gasteiger partial charge in [0, 0.05) is 12.3 Å². The molecule has 3 nitrogen and oxygen atoms in total. The van der Waals surface area contributed by atoms with Crippen LogP contribution in [0.5, 0.6) is 5.88 Å². The topological polar surface area (TPSA) is 35.0 Å². The zero-order valence-electron chi connectivity index (χ0n) is 10.7. The molecule has 0 fully saturated rings. The summed E-state index contributed by atoms with van der Waals surface area (Å²) in [5.74, 6) is 5.94. The third kappa shape index (κ3) is 3.29. The van der Waals surface area contributed by atoms with Crippen molar-refractivity contribution in [1.82, 2.24) is 9.97 Å². The van der Waals surface area contributed by atoms with Gasteiger partial charge in [0.25, 0.3) is 0 Å². The van der Waals surface area contributed by atoms with E-state index in [1.54, 1.807) is 31.2 Å². The lowest BCUT2D eigenvalue weighted by Gasteiger charge is -2.09. The average molecular weight is 256 g/mol. The highest BCUT2D eigenvalue weighted by Gasteiger charge is 2.09. The molecule has 96 valence electrons. The molecule has 0 spiro atoms. The number of aromatic nitrogens is 2. The first-order valence-electron chi connectivity index (χ1n) is 5.87. The van der Waals surface area contributed by atoms with Crippen LogP contribution in [-0.4, -0.2) is 16.1 Å². The monoisotopic (exact) mass is 256 g/mol. The highest BCUT2D eigenvalue weighted by atomic mass is 19.1. The fourth-order valence-corrected chi connectivity index (χ4v) is 1.59. The van der Waals surface area contributed by atoms with Crippen LogP contribution in [0.3, 0.4) is 0 Å². The minimum atomic E-state index is -0.360. The Morgan fingerprint density at radius 3 is 2.79 bits per heavy atom. The van der Waals surface area contributed by atoms with Crippen molar-refractivity contribution in [2.45, 2.75) is 20.0 Å². The van der Waals surface area contributed by atoms with E-state index in [-0.39, 0.29) is 11.9 Å². The van der Waals surface area contributed by atoms with Crippen LogP contribution in [0.1, 0.15) is 13.8 Å². The summed E-state index contributed by atoms with van der Waals surface area (Å²) in [6, 6.07) is 7.98. The quantitative estimate of drug-likeness (QED) is 0.792. The summed E-state index contributed by atoms with van der Waals surface area (Å²) >= 11 is 0. The maximum atomic E-state index is 13.6. The summed E-state index contributed by atoms with van der Waals surface area (Å²) in [5, 5.41) is 0. The fraction of sp³-hybridized carbons (Fsp3) is 0.200. The Balaban J connectivity index is 2.29. The van der Waals surface area contributed by atoms with E-state index in [4.69, 9.17) is 4.74 Å². The normalized spacial score (nSPS) is 11.3. The van der Waals surface area contributed by atoms with Crippen LogP contribution in [-0.2, 0) is 0 Å². The molecule has 1 aromatic carbocycles. The second-order valence-electron chi connectivity index (χ2n) is 3.85. The third-order valence-electron chi connectivity index (χ3n) is 2.39. The molecule has 2 rings (SSSR count). The third-order valence-corrected chi connectivity index (χ3v) is 2.39. The SMILES string of the molecule is CC#CC(C)Oc1ccnc(-c2ccccc2F)n1. The van der Waals surface area contributed by atoms with Crippen molar-refractivity contribution in [3.05, 3.63) is 42.3 Å². The van der Waals surface area contributed by atoms with Gasteiger partial charge in [-0.15, -0.1) is 5.92 Å². The second-order valence-corrected chi connectivity index (χ2v) is 3.85. The molecule has 0 aliphatic heterocycles.